The molecule has 0 fully saturated rings. The van der Waals surface area contributed by atoms with E-state index in [0.29, 0.717) is 17.5 Å². The minimum Gasteiger partial charge on any atom is -0.370 e. The van der Waals surface area contributed by atoms with Crippen LogP contribution in [0, 0.1) is 17.0 Å². The zero-order valence-electron chi connectivity index (χ0n) is 12.0. The molecule has 0 aliphatic carbocycles. The van der Waals surface area contributed by atoms with Gasteiger partial charge in [0.25, 0.3) is 11.6 Å². The minimum atomic E-state index is -0.689. The predicted octanol–water partition coefficient (Wildman–Crippen LogP) is 1.83. The zero-order chi connectivity index (χ0) is 16.0. The van der Waals surface area contributed by atoms with Crippen LogP contribution >= 0.6 is 0 Å². The number of hydrogen-bond donors (Lipinski definition) is 2. The monoisotopic (exact) mass is 290 g/mol. The molecule has 7 nitrogen and oxygen atoms in total. The molecule has 112 valence electrons. The van der Waals surface area contributed by atoms with Crippen LogP contribution in [0.5, 0.6) is 0 Å². The third-order valence-electron chi connectivity index (χ3n) is 2.82. The highest BCUT2D eigenvalue weighted by Gasteiger charge is 2.19. The van der Waals surface area contributed by atoms with Gasteiger partial charge in [0.1, 0.15) is 0 Å². The van der Waals surface area contributed by atoms with Gasteiger partial charge in [-0.05, 0) is 31.4 Å². The van der Waals surface area contributed by atoms with E-state index in [1.807, 2.05) is 19.1 Å². The lowest BCUT2D eigenvalue weighted by atomic mass is 10.0. The number of guanidine groups is 1. The molecule has 0 radical (unpaired) electrons. The summed E-state index contributed by atoms with van der Waals surface area (Å²) in [4.78, 5) is 25.9. The second kappa shape index (κ2) is 7.18. The van der Waals surface area contributed by atoms with Crippen LogP contribution in [0.3, 0.4) is 0 Å². The number of carbonyl (C=O) groups is 1. The molecular formula is C14H18N4O3. The van der Waals surface area contributed by atoms with Crippen LogP contribution in [0.25, 0.3) is 0 Å². The Morgan fingerprint density at radius 2 is 2.05 bits per heavy atom. The Kier molecular flexibility index (Phi) is 5.59. The summed E-state index contributed by atoms with van der Waals surface area (Å²) in [5.74, 6) is -1.07. The maximum atomic E-state index is 11.8. The second-order valence-corrected chi connectivity index (χ2v) is 4.48. The van der Waals surface area contributed by atoms with Crippen molar-refractivity contribution in [1.29, 1.82) is 0 Å². The van der Waals surface area contributed by atoms with E-state index < -0.39 is 10.8 Å². The third-order valence-corrected chi connectivity index (χ3v) is 2.82. The first-order valence-corrected chi connectivity index (χ1v) is 6.43. The molecule has 1 aromatic rings. The quantitative estimate of drug-likeness (QED) is 0.281. The van der Waals surface area contributed by atoms with Crippen LogP contribution in [0.15, 0.2) is 29.3 Å². The summed E-state index contributed by atoms with van der Waals surface area (Å²) in [7, 11) is 0. The molecule has 1 rings (SSSR count). The first-order chi connectivity index (χ1) is 9.86. The molecule has 4 N–H and O–H groups in total. The standard InChI is InChI=1S/C14H18N4O3/c1-3-4-5-6-10-7-9(2)11(8-12(10)18(20)21)13(19)17-14(15)16/h4-5,7-8H,3,6H2,1-2H3,(H4,15,16,17,19)/b5-4+. The third kappa shape index (κ3) is 4.41. The fourth-order valence-electron chi connectivity index (χ4n) is 1.87. The summed E-state index contributed by atoms with van der Waals surface area (Å²) in [6.07, 6.45) is 5.08. The van der Waals surface area contributed by atoms with E-state index in [4.69, 9.17) is 11.5 Å². The van der Waals surface area contributed by atoms with Gasteiger partial charge < -0.3 is 11.5 Å². The zero-order valence-corrected chi connectivity index (χ0v) is 12.0. The summed E-state index contributed by atoms with van der Waals surface area (Å²) in [5, 5.41) is 11.1. The van der Waals surface area contributed by atoms with Crippen LogP contribution in [-0.2, 0) is 6.42 Å². The Morgan fingerprint density at radius 1 is 1.38 bits per heavy atom. The molecule has 0 bridgehead atoms. The fraction of sp³-hybridized carbons (Fsp3) is 0.286. The van der Waals surface area contributed by atoms with E-state index in [-0.39, 0.29) is 17.2 Å². The van der Waals surface area contributed by atoms with Gasteiger partial charge >= 0.3 is 0 Å². The summed E-state index contributed by atoms with van der Waals surface area (Å²) in [5.41, 5.74) is 11.5. The molecule has 0 unspecified atom stereocenters. The fourth-order valence-corrected chi connectivity index (χ4v) is 1.87. The van der Waals surface area contributed by atoms with Gasteiger partial charge in [0.2, 0.25) is 0 Å². The number of carbonyl (C=O) groups excluding carboxylic acids is 1. The van der Waals surface area contributed by atoms with Gasteiger partial charge in [-0.2, -0.15) is 4.99 Å². The molecule has 7 heteroatoms. The summed E-state index contributed by atoms with van der Waals surface area (Å²) in [6, 6.07) is 2.84. The van der Waals surface area contributed by atoms with Crippen molar-refractivity contribution < 1.29 is 9.72 Å². The Labute approximate surface area is 122 Å². The molecule has 0 atom stereocenters. The molecule has 1 amide bonds. The number of nitro benzene ring substituents is 1. The summed E-state index contributed by atoms with van der Waals surface area (Å²) < 4.78 is 0. The number of aryl methyl sites for hydroxylation is 1. The van der Waals surface area contributed by atoms with Crippen molar-refractivity contribution in [3.63, 3.8) is 0 Å². The molecule has 0 saturated heterocycles. The highest BCUT2D eigenvalue weighted by molar-refractivity contribution is 6.03. The second-order valence-electron chi connectivity index (χ2n) is 4.48. The van der Waals surface area contributed by atoms with Crippen LogP contribution in [0.4, 0.5) is 5.69 Å². The largest absolute Gasteiger partial charge is 0.370 e. The van der Waals surface area contributed by atoms with Crippen LogP contribution in [0.1, 0.15) is 34.8 Å². The Bertz CT molecular complexity index is 617. The molecular weight excluding hydrogens is 272 g/mol. The van der Waals surface area contributed by atoms with Gasteiger partial charge in [-0.15, -0.1) is 0 Å². The number of nitrogens with zero attached hydrogens (tertiary/aromatic N) is 2. The maximum absolute atomic E-state index is 11.8. The van der Waals surface area contributed by atoms with Crippen molar-refractivity contribution in [2.45, 2.75) is 26.7 Å². The number of aliphatic imine (C=N–C) groups is 1. The molecule has 1 aromatic carbocycles. The van der Waals surface area contributed by atoms with Gasteiger partial charge in [-0.1, -0.05) is 19.1 Å². The van der Waals surface area contributed by atoms with Gasteiger partial charge in [0.05, 0.1) is 10.5 Å². The van der Waals surface area contributed by atoms with E-state index in [2.05, 4.69) is 4.99 Å². The highest BCUT2D eigenvalue weighted by atomic mass is 16.6. The summed E-state index contributed by atoms with van der Waals surface area (Å²) in [6.45, 7) is 3.67. The Morgan fingerprint density at radius 3 is 2.57 bits per heavy atom. The average molecular weight is 290 g/mol. The normalized spacial score (nSPS) is 10.6. The molecule has 0 aromatic heterocycles. The number of allylic oxidation sites excluding steroid dienone is 2. The number of hydrogen-bond acceptors (Lipinski definition) is 3. The number of nitrogens with two attached hydrogens (primary N) is 2. The van der Waals surface area contributed by atoms with Crippen molar-refractivity contribution in [2.24, 2.45) is 16.5 Å². The molecule has 0 aliphatic heterocycles. The van der Waals surface area contributed by atoms with Crippen molar-refractivity contribution in [3.8, 4) is 0 Å². The van der Waals surface area contributed by atoms with Gasteiger partial charge in [0, 0.05) is 11.6 Å². The smallest absolute Gasteiger partial charge is 0.280 e. The highest BCUT2D eigenvalue weighted by Crippen LogP contribution is 2.25. The SMILES string of the molecule is CC/C=C/Cc1cc(C)c(C(=O)N=C(N)N)cc1[N+](=O)[O-]. The Balaban J connectivity index is 3.30. The van der Waals surface area contributed by atoms with E-state index >= 15 is 0 Å². The summed E-state index contributed by atoms with van der Waals surface area (Å²) >= 11 is 0. The molecule has 0 heterocycles. The van der Waals surface area contributed by atoms with Crippen molar-refractivity contribution in [3.05, 3.63) is 51.1 Å². The van der Waals surface area contributed by atoms with E-state index in [0.717, 1.165) is 6.42 Å². The van der Waals surface area contributed by atoms with E-state index in [1.165, 1.54) is 6.07 Å². The lowest BCUT2D eigenvalue weighted by molar-refractivity contribution is -0.385. The van der Waals surface area contributed by atoms with Crippen molar-refractivity contribution in [2.75, 3.05) is 0 Å². The van der Waals surface area contributed by atoms with Gasteiger partial charge in [-0.25, -0.2) is 0 Å². The minimum absolute atomic E-state index is 0.115. The van der Waals surface area contributed by atoms with Crippen LogP contribution in [-0.4, -0.2) is 16.8 Å². The maximum Gasteiger partial charge on any atom is 0.280 e. The average Bonchev–Trinajstić information content (AvgIpc) is 2.37. The van der Waals surface area contributed by atoms with Crippen LogP contribution in [0.2, 0.25) is 0 Å². The Hall–Kier alpha value is -2.70. The van der Waals surface area contributed by atoms with Crippen LogP contribution < -0.4 is 11.5 Å². The topological polar surface area (TPSA) is 125 Å². The van der Waals surface area contributed by atoms with E-state index in [9.17, 15) is 14.9 Å². The lowest BCUT2D eigenvalue weighted by Crippen LogP contribution is -2.24. The lowest BCUT2D eigenvalue weighted by Gasteiger charge is -2.06. The number of rotatable bonds is 5. The molecule has 21 heavy (non-hydrogen) atoms. The van der Waals surface area contributed by atoms with Crippen molar-refractivity contribution in [1.82, 2.24) is 0 Å². The first-order valence-electron chi connectivity index (χ1n) is 6.43. The molecule has 0 saturated carbocycles. The van der Waals surface area contributed by atoms with Crippen molar-refractivity contribution >= 4 is 17.6 Å². The predicted molar refractivity (Wildman–Crippen MR) is 81.1 cm³/mol. The number of amides is 1. The first kappa shape index (κ1) is 16.4. The number of benzene rings is 1. The van der Waals surface area contributed by atoms with Gasteiger partial charge in [-0.3, -0.25) is 14.9 Å². The number of nitro groups is 1. The van der Waals surface area contributed by atoms with E-state index in [1.54, 1.807) is 13.0 Å². The molecule has 0 spiro atoms. The van der Waals surface area contributed by atoms with Gasteiger partial charge in [0.15, 0.2) is 5.96 Å². The molecule has 0 aliphatic rings.